The zero-order valence-corrected chi connectivity index (χ0v) is 14.7. The molecule has 0 saturated heterocycles. The number of rotatable bonds is 6. The largest absolute Gasteiger partial charge is 0.493 e. The van der Waals surface area contributed by atoms with E-state index in [1.54, 1.807) is 14.2 Å². The molecule has 0 saturated carbocycles. The average Bonchev–Trinajstić information content (AvgIpc) is 2.48. The van der Waals surface area contributed by atoms with Gasteiger partial charge in [-0.25, -0.2) is 0 Å². The van der Waals surface area contributed by atoms with E-state index in [2.05, 4.69) is 65.2 Å². The van der Waals surface area contributed by atoms with Gasteiger partial charge in [0.15, 0.2) is 11.5 Å². The van der Waals surface area contributed by atoms with Crippen molar-refractivity contribution < 1.29 is 9.47 Å². The second kappa shape index (κ2) is 7.66. The maximum atomic E-state index is 5.38. The summed E-state index contributed by atoms with van der Waals surface area (Å²) in [5.41, 5.74) is 3.76. The van der Waals surface area contributed by atoms with Crippen LogP contribution in [0, 0.1) is 10.5 Å². The predicted molar refractivity (Wildman–Crippen MR) is 94.0 cm³/mol. The van der Waals surface area contributed by atoms with Crippen molar-refractivity contribution in [2.24, 2.45) is 0 Å². The van der Waals surface area contributed by atoms with Crippen LogP contribution in [0.4, 0.5) is 0 Å². The normalized spacial score (nSPS) is 10.5. The second-order valence-electron chi connectivity index (χ2n) is 4.90. The van der Waals surface area contributed by atoms with E-state index in [1.165, 1.54) is 16.7 Å². The molecule has 0 aromatic heterocycles. The molecule has 0 bridgehead atoms. The first-order valence-corrected chi connectivity index (χ1v) is 7.88. The summed E-state index contributed by atoms with van der Waals surface area (Å²) in [4.78, 5) is 0. The summed E-state index contributed by atoms with van der Waals surface area (Å²) in [7, 11) is 3.33. The molecule has 2 rings (SSSR count). The molecule has 0 atom stereocenters. The van der Waals surface area contributed by atoms with E-state index >= 15 is 0 Å². The maximum Gasteiger partial charge on any atom is 0.174 e. The van der Waals surface area contributed by atoms with Gasteiger partial charge in [-0.05, 0) is 52.8 Å². The van der Waals surface area contributed by atoms with Gasteiger partial charge in [-0.3, -0.25) is 0 Å². The van der Waals surface area contributed by atoms with E-state index in [1.807, 2.05) is 6.07 Å². The van der Waals surface area contributed by atoms with Gasteiger partial charge in [0, 0.05) is 13.1 Å². The molecule has 4 heteroatoms. The summed E-state index contributed by atoms with van der Waals surface area (Å²) in [5, 5.41) is 3.45. The van der Waals surface area contributed by atoms with Gasteiger partial charge in [0.05, 0.1) is 17.8 Å². The van der Waals surface area contributed by atoms with E-state index in [0.29, 0.717) is 0 Å². The second-order valence-corrected chi connectivity index (χ2v) is 6.06. The molecule has 2 aromatic carbocycles. The van der Waals surface area contributed by atoms with Crippen LogP contribution in [-0.2, 0) is 13.1 Å². The fraction of sp³-hybridized carbons (Fsp3) is 0.294. The summed E-state index contributed by atoms with van der Waals surface area (Å²) >= 11 is 2.27. The zero-order valence-electron chi connectivity index (χ0n) is 12.6. The van der Waals surface area contributed by atoms with Crippen molar-refractivity contribution >= 4 is 22.6 Å². The molecule has 0 aliphatic carbocycles. The number of hydrogen-bond acceptors (Lipinski definition) is 3. The molecular formula is C17H20INO2. The fourth-order valence-electron chi connectivity index (χ4n) is 2.13. The highest BCUT2D eigenvalue weighted by Crippen LogP contribution is 2.33. The van der Waals surface area contributed by atoms with Gasteiger partial charge in [0.25, 0.3) is 0 Å². The summed E-state index contributed by atoms with van der Waals surface area (Å²) in [5.74, 6) is 1.57. The zero-order chi connectivity index (χ0) is 15.2. The lowest BCUT2D eigenvalue weighted by molar-refractivity contribution is 0.352. The highest BCUT2D eigenvalue weighted by Gasteiger charge is 2.10. The minimum atomic E-state index is 0.775. The van der Waals surface area contributed by atoms with Crippen LogP contribution in [0.2, 0.25) is 0 Å². The molecule has 0 amide bonds. The highest BCUT2D eigenvalue weighted by atomic mass is 127. The standard InChI is InChI=1S/C17H20INO2/c1-12-4-6-13(7-5-12)10-19-11-14-8-15(18)17(21-3)16(9-14)20-2/h4-9,19H,10-11H2,1-3H3. The monoisotopic (exact) mass is 397 g/mol. The number of halogens is 1. The Morgan fingerprint density at radius 1 is 0.952 bits per heavy atom. The fourth-order valence-corrected chi connectivity index (χ4v) is 3.02. The Morgan fingerprint density at radius 2 is 1.62 bits per heavy atom. The number of methoxy groups -OCH3 is 2. The minimum absolute atomic E-state index is 0.775. The van der Waals surface area contributed by atoms with Gasteiger partial charge in [-0.15, -0.1) is 0 Å². The van der Waals surface area contributed by atoms with Crippen LogP contribution in [0.15, 0.2) is 36.4 Å². The molecular weight excluding hydrogens is 377 g/mol. The molecule has 0 spiro atoms. The quantitative estimate of drug-likeness (QED) is 0.750. The lowest BCUT2D eigenvalue weighted by atomic mass is 10.1. The average molecular weight is 397 g/mol. The molecule has 2 aromatic rings. The third-order valence-corrected chi connectivity index (χ3v) is 4.07. The van der Waals surface area contributed by atoms with Crippen LogP contribution in [-0.4, -0.2) is 14.2 Å². The van der Waals surface area contributed by atoms with Crippen LogP contribution in [0.3, 0.4) is 0 Å². The topological polar surface area (TPSA) is 30.5 Å². The lowest BCUT2D eigenvalue weighted by Gasteiger charge is -2.12. The Balaban J connectivity index is 2.00. The van der Waals surface area contributed by atoms with Crippen LogP contribution in [0.5, 0.6) is 11.5 Å². The van der Waals surface area contributed by atoms with Crippen molar-refractivity contribution in [1.29, 1.82) is 0 Å². The number of ether oxygens (including phenoxy) is 2. The molecule has 0 aliphatic heterocycles. The lowest BCUT2D eigenvalue weighted by Crippen LogP contribution is -2.13. The summed E-state index contributed by atoms with van der Waals surface area (Å²) in [6, 6.07) is 12.7. The maximum absolute atomic E-state index is 5.38. The van der Waals surface area contributed by atoms with Crippen molar-refractivity contribution in [3.05, 3.63) is 56.7 Å². The smallest absolute Gasteiger partial charge is 0.174 e. The third-order valence-electron chi connectivity index (χ3n) is 3.27. The van der Waals surface area contributed by atoms with Crippen LogP contribution in [0.1, 0.15) is 16.7 Å². The molecule has 0 radical (unpaired) electrons. The van der Waals surface area contributed by atoms with E-state index < -0.39 is 0 Å². The van der Waals surface area contributed by atoms with E-state index in [0.717, 1.165) is 28.2 Å². The van der Waals surface area contributed by atoms with Crippen molar-refractivity contribution in [2.75, 3.05) is 14.2 Å². The number of nitrogens with one attached hydrogen (secondary N) is 1. The van der Waals surface area contributed by atoms with Crippen LogP contribution in [0.25, 0.3) is 0 Å². The van der Waals surface area contributed by atoms with E-state index in [-0.39, 0.29) is 0 Å². The van der Waals surface area contributed by atoms with Gasteiger partial charge in [-0.1, -0.05) is 29.8 Å². The Kier molecular flexibility index (Phi) is 5.87. The van der Waals surface area contributed by atoms with Crippen LogP contribution < -0.4 is 14.8 Å². The van der Waals surface area contributed by atoms with E-state index in [9.17, 15) is 0 Å². The van der Waals surface area contributed by atoms with Gasteiger partial charge < -0.3 is 14.8 Å². The van der Waals surface area contributed by atoms with Crippen molar-refractivity contribution in [3.8, 4) is 11.5 Å². The van der Waals surface area contributed by atoms with Gasteiger partial charge in [0.1, 0.15) is 0 Å². The first-order chi connectivity index (χ1) is 10.1. The minimum Gasteiger partial charge on any atom is -0.493 e. The van der Waals surface area contributed by atoms with Crippen LogP contribution >= 0.6 is 22.6 Å². The number of hydrogen-bond donors (Lipinski definition) is 1. The Bertz CT molecular complexity index is 596. The molecule has 0 fully saturated rings. The Hall–Kier alpha value is -1.27. The third kappa shape index (κ3) is 4.35. The summed E-state index contributed by atoms with van der Waals surface area (Å²) in [6.45, 7) is 3.75. The first-order valence-electron chi connectivity index (χ1n) is 6.80. The molecule has 0 heterocycles. The molecule has 0 aliphatic rings. The van der Waals surface area contributed by atoms with E-state index in [4.69, 9.17) is 9.47 Å². The molecule has 21 heavy (non-hydrogen) atoms. The summed E-state index contributed by atoms with van der Waals surface area (Å²) < 4.78 is 11.8. The number of aryl methyl sites for hydroxylation is 1. The molecule has 1 N–H and O–H groups in total. The Labute approximate surface area is 139 Å². The first kappa shape index (κ1) is 16.1. The Morgan fingerprint density at radius 3 is 2.24 bits per heavy atom. The summed E-state index contributed by atoms with van der Waals surface area (Å²) in [6.07, 6.45) is 0. The van der Waals surface area contributed by atoms with Crippen molar-refractivity contribution in [3.63, 3.8) is 0 Å². The number of benzene rings is 2. The predicted octanol–water partition coefficient (Wildman–Crippen LogP) is 3.91. The molecule has 112 valence electrons. The molecule has 0 unspecified atom stereocenters. The highest BCUT2D eigenvalue weighted by molar-refractivity contribution is 14.1. The van der Waals surface area contributed by atoms with Gasteiger partial charge in [-0.2, -0.15) is 0 Å². The van der Waals surface area contributed by atoms with Crippen molar-refractivity contribution in [2.45, 2.75) is 20.0 Å². The SMILES string of the molecule is COc1cc(CNCc2ccc(C)cc2)cc(I)c1OC. The van der Waals surface area contributed by atoms with Gasteiger partial charge >= 0.3 is 0 Å². The van der Waals surface area contributed by atoms with Crippen molar-refractivity contribution in [1.82, 2.24) is 5.32 Å². The van der Waals surface area contributed by atoms with Gasteiger partial charge in [0.2, 0.25) is 0 Å². The molecule has 3 nitrogen and oxygen atoms in total.